The highest BCUT2D eigenvalue weighted by atomic mass is 19.4. The van der Waals surface area contributed by atoms with E-state index in [2.05, 4.69) is 20.4 Å². The molecule has 2 aromatic heterocycles. The molecule has 0 fully saturated rings. The molecule has 5 nitrogen and oxygen atoms in total. The highest BCUT2D eigenvalue weighted by Crippen LogP contribution is 2.36. The van der Waals surface area contributed by atoms with Crippen molar-refractivity contribution in [3.05, 3.63) is 72.1 Å². The molecule has 0 aliphatic rings. The number of fused-ring (bicyclic) bond motifs is 1. The highest BCUT2D eigenvalue weighted by molar-refractivity contribution is 5.95. The molecule has 0 amide bonds. The van der Waals surface area contributed by atoms with E-state index in [1.54, 1.807) is 36.1 Å². The van der Waals surface area contributed by atoms with Gasteiger partial charge in [-0.3, -0.25) is 14.6 Å². The Morgan fingerprint density at radius 3 is 2.59 bits per heavy atom. The summed E-state index contributed by atoms with van der Waals surface area (Å²) in [7, 11) is 1.75. The van der Waals surface area contributed by atoms with Crippen molar-refractivity contribution in [2.75, 3.05) is 12.4 Å². The molecule has 4 rings (SSSR count). The van der Waals surface area contributed by atoms with Crippen LogP contribution in [0.2, 0.25) is 0 Å². The van der Waals surface area contributed by atoms with Crippen molar-refractivity contribution in [3.63, 3.8) is 0 Å². The first-order chi connectivity index (χ1) is 13.9. The Balaban J connectivity index is 1.92. The molecule has 29 heavy (non-hydrogen) atoms. The third kappa shape index (κ3) is 3.63. The van der Waals surface area contributed by atoms with Gasteiger partial charge in [0.1, 0.15) is 11.5 Å². The van der Waals surface area contributed by atoms with Gasteiger partial charge in [-0.15, -0.1) is 0 Å². The van der Waals surface area contributed by atoms with E-state index in [1.165, 1.54) is 12.4 Å². The summed E-state index contributed by atoms with van der Waals surface area (Å²) in [5.41, 5.74) is 1.03. The minimum Gasteiger partial charge on any atom is -0.388 e. The average Bonchev–Trinajstić information content (AvgIpc) is 3.05. The number of anilines is 1. The number of benzene rings is 2. The van der Waals surface area contributed by atoms with Crippen LogP contribution in [0.1, 0.15) is 11.3 Å². The summed E-state index contributed by atoms with van der Waals surface area (Å²) in [6.07, 6.45) is 0.0559. The third-order valence-electron chi connectivity index (χ3n) is 4.52. The van der Waals surface area contributed by atoms with E-state index in [4.69, 9.17) is 0 Å². The SMILES string of the molecule is CNc1ccc2c(-c3cc(C(F)(F)F)ccc3F)nn(Cc3cnccn3)c2c1. The molecule has 0 aliphatic heterocycles. The van der Waals surface area contributed by atoms with E-state index in [0.29, 0.717) is 16.6 Å². The smallest absolute Gasteiger partial charge is 0.388 e. The topological polar surface area (TPSA) is 55.6 Å². The molecule has 0 aliphatic carbocycles. The van der Waals surface area contributed by atoms with Crippen molar-refractivity contribution in [1.29, 1.82) is 0 Å². The van der Waals surface area contributed by atoms with Crippen LogP contribution in [0.25, 0.3) is 22.2 Å². The Bertz CT molecular complexity index is 1170. The zero-order valence-electron chi connectivity index (χ0n) is 15.2. The van der Waals surface area contributed by atoms with E-state index in [1.807, 2.05) is 0 Å². The zero-order chi connectivity index (χ0) is 20.6. The van der Waals surface area contributed by atoms with Crippen molar-refractivity contribution in [2.24, 2.45) is 0 Å². The molecular formula is C20H15F4N5. The van der Waals surface area contributed by atoms with Crippen molar-refractivity contribution in [1.82, 2.24) is 19.7 Å². The predicted molar refractivity (Wildman–Crippen MR) is 101 cm³/mol. The second-order valence-corrected chi connectivity index (χ2v) is 6.38. The molecule has 0 bridgehead atoms. The fourth-order valence-corrected chi connectivity index (χ4v) is 3.10. The van der Waals surface area contributed by atoms with E-state index in [-0.39, 0.29) is 17.8 Å². The van der Waals surface area contributed by atoms with E-state index < -0.39 is 17.6 Å². The van der Waals surface area contributed by atoms with Crippen LogP contribution in [0.4, 0.5) is 23.2 Å². The van der Waals surface area contributed by atoms with Crippen LogP contribution in [0.3, 0.4) is 0 Å². The molecule has 0 radical (unpaired) electrons. The van der Waals surface area contributed by atoms with Gasteiger partial charge in [-0.2, -0.15) is 18.3 Å². The largest absolute Gasteiger partial charge is 0.416 e. The first-order valence-corrected chi connectivity index (χ1v) is 8.67. The van der Waals surface area contributed by atoms with Gasteiger partial charge in [-0.1, -0.05) is 0 Å². The van der Waals surface area contributed by atoms with Gasteiger partial charge < -0.3 is 5.32 Å². The first-order valence-electron chi connectivity index (χ1n) is 8.67. The molecular weight excluding hydrogens is 386 g/mol. The summed E-state index contributed by atoms with van der Waals surface area (Å²) in [5.74, 6) is -0.776. The van der Waals surface area contributed by atoms with Gasteiger partial charge in [0.25, 0.3) is 0 Å². The lowest BCUT2D eigenvalue weighted by Crippen LogP contribution is -2.06. The summed E-state index contributed by atoms with van der Waals surface area (Å²) in [5, 5.41) is 7.97. The Morgan fingerprint density at radius 2 is 1.90 bits per heavy atom. The van der Waals surface area contributed by atoms with Crippen LogP contribution >= 0.6 is 0 Å². The molecule has 2 aromatic carbocycles. The molecule has 0 spiro atoms. The molecule has 0 unspecified atom stereocenters. The lowest BCUT2D eigenvalue weighted by atomic mass is 10.0. The van der Waals surface area contributed by atoms with Gasteiger partial charge in [0.2, 0.25) is 0 Å². The standard InChI is InChI=1S/C20H15F4N5/c1-25-13-3-4-15-18(9-13)29(11-14-10-26-6-7-27-14)28-19(15)16-8-12(20(22,23)24)2-5-17(16)21/h2-10,25H,11H2,1H3. The number of hydrogen-bond donors (Lipinski definition) is 1. The molecule has 0 saturated carbocycles. The minimum absolute atomic E-state index is 0.134. The van der Waals surface area contributed by atoms with Crippen molar-refractivity contribution < 1.29 is 17.6 Å². The van der Waals surface area contributed by atoms with Crippen LogP contribution in [-0.4, -0.2) is 26.8 Å². The second kappa shape index (κ2) is 7.16. The van der Waals surface area contributed by atoms with E-state index in [0.717, 1.165) is 23.9 Å². The number of hydrogen-bond acceptors (Lipinski definition) is 4. The number of alkyl halides is 3. The van der Waals surface area contributed by atoms with Gasteiger partial charge in [0.05, 0.1) is 29.5 Å². The summed E-state index contributed by atoms with van der Waals surface area (Å²) in [4.78, 5) is 8.22. The van der Waals surface area contributed by atoms with Crippen molar-refractivity contribution >= 4 is 16.6 Å². The fraction of sp³-hybridized carbons (Fsp3) is 0.150. The molecule has 2 heterocycles. The highest BCUT2D eigenvalue weighted by Gasteiger charge is 2.32. The lowest BCUT2D eigenvalue weighted by Gasteiger charge is -2.09. The summed E-state index contributed by atoms with van der Waals surface area (Å²) in [6, 6.07) is 7.58. The number of rotatable bonds is 4. The first kappa shape index (κ1) is 18.9. The van der Waals surface area contributed by atoms with Crippen LogP contribution in [0.15, 0.2) is 55.0 Å². The van der Waals surface area contributed by atoms with E-state index in [9.17, 15) is 17.6 Å². The molecule has 1 N–H and O–H groups in total. The molecule has 0 saturated heterocycles. The van der Waals surface area contributed by atoms with Crippen LogP contribution in [-0.2, 0) is 12.7 Å². The van der Waals surface area contributed by atoms with Gasteiger partial charge in [0, 0.05) is 36.1 Å². The fourth-order valence-electron chi connectivity index (χ4n) is 3.10. The number of nitrogens with zero attached hydrogens (tertiary/aromatic N) is 4. The van der Waals surface area contributed by atoms with Crippen molar-refractivity contribution in [3.8, 4) is 11.3 Å². The number of aromatic nitrogens is 4. The lowest BCUT2D eigenvalue weighted by molar-refractivity contribution is -0.137. The summed E-state index contributed by atoms with van der Waals surface area (Å²) < 4.78 is 55.5. The Kier molecular flexibility index (Phi) is 4.65. The van der Waals surface area contributed by atoms with Crippen LogP contribution in [0.5, 0.6) is 0 Å². The molecule has 0 atom stereocenters. The monoisotopic (exact) mass is 401 g/mol. The minimum atomic E-state index is -4.58. The van der Waals surface area contributed by atoms with Crippen molar-refractivity contribution in [2.45, 2.75) is 12.7 Å². The van der Waals surface area contributed by atoms with Crippen LogP contribution < -0.4 is 5.32 Å². The predicted octanol–water partition coefficient (Wildman–Crippen LogP) is 4.74. The van der Waals surface area contributed by atoms with E-state index >= 15 is 0 Å². The Labute approximate surface area is 163 Å². The normalized spacial score (nSPS) is 11.8. The third-order valence-corrected chi connectivity index (χ3v) is 4.52. The maximum atomic E-state index is 14.5. The molecule has 4 aromatic rings. The summed E-state index contributed by atoms with van der Waals surface area (Å²) in [6.45, 7) is 0.234. The van der Waals surface area contributed by atoms with Gasteiger partial charge >= 0.3 is 6.18 Å². The van der Waals surface area contributed by atoms with Gasteiger partial charge in [-0.25, -0.2) is 4.39 Å². The second-order valence-electron chi connectivity index (χ2n) is 6.38. The summed E-state index contributed by atoms with van der Waals surface area (Å²) >= 11 is 0. The van der Waals surface area contributed by atoms with Gasteiger partial charge in [-0.05, 0) is 36.4 Å². The maximum Gasteiger partial charge on any atom is 0.416 e. The maximum absolute atomic E-state index is 14.5. The van der Waals surface area contributed by atoms with Gasteiger partial charge in [0.15, 0.2) is 0 Å². The Hall–Kier alpha value is -3.49. The molecule has 148 valence electrons. The Morgan fingerprint density at radius 1 is 1.07 bits per heavy atom. The zero-order valence-corrected chi connectivity index (χ0v) is 15.2. The van der Waals surface area contributed by atoms with Crippen LogP contribution in [0, 0.1) is 5.82 Å². The molecule has 9 heteroatoms. The average molecular weight is 401 g/mol. The number of halogens is 4. The quantitative estimate of drug-likeness (QED) is 0.502. The number of nitrogens with one attached hydrogen (secondary N) is 1.